The Labute approximate surface area is 173 Å². The third-order valence-corrected chi connectivity index (χ3v) is 6.88. The van der Waals surface area contributed by atoms with Gasteiger partial charge in [0, 0.05) is 6.54 Å². The summed E-state index contributed by atoms with van der Waals surface area (Å²) >= 11 is 0. The molecule has 0 radical (unpaired) electrons. The Morgan fingerprint density at radius 2 is 1.45 bits per heavy atom. The number of sulfonamides is 1. The Kier molecular flexibility index (Phi) is 6.90. The van der Waals surface area contributed by atoms with Crippen molar-refractivity contribution in [3.63, 3.8) is 0 Å². The Morgan fingerprint density at radius 1 is 0.828 bits per heavy atom. The van der Waals surface area contributed by atoms with Gasteiger partial charge in [-0.1, -0.05) is 62.4 Å². The number of aliphatic hydroxyl groups excluding tert-OH is 1. The monoisotopic (exact) mass is 412 g/mol. The van der Waals surface area contributed by atoms with E-state index in [4.69, 9.17) is 0 Å². The highest BCUT2D eigenvalue weighted by molar-refractivity contribution is 7.92. The number of fused-ring (bicyclic) bond motifs is 1. The van der Waals surface area contributed by atoms with Gasteiger partial charge >= 0.3 is 0 Å². The summed E-state index contributed by atoms with van der Waals surface area (Å²) in [6, 6.07) is 21.8. The van der Waals surface area contributed by atoms with Crippen molar-refractivity contribution in [2.75, 3.05) is 30.5 Å². The lowest BCUT2D eigenvalue weighted by atomic mass is 10.1. The molecule has 0 aromatic heterocycles. The van der Waals surface area contributed by atoms with E-state index in [1.165, 1.54) is 4.31 Å². The number of rotatable bonds is 9. The van der Waals surface area contributed by atoms with Crippen molar-refractivity contribution in [3.05, 3.63) is 72.8 Å². The molecule has 29 heavy (non-hydrogen) atoms. The summed E-state index contributed by atoms with van der Waals surface area (Å²) in [4.78, 5) is 2.30. The van der Waals surface area contributed by atoms with Gasteiger partial charge in [-0.3, -0.25) is 4.31 Å². The van der Waals surface area contributed by atoms with Crippen LogP contribution >= 0.6 is 0 Å². The van der Waals surface area contributed by atoms with Crippen LogP contribution in [0.1, 0.15) is 13.8 Å². The number of hydrogen-bond donors (Lipinski definition) is 1. The predicted octanol–water partition coefficient (Wildman–Crippen LogP) is 3.74. The number of para-hydroxylation sites is 1. The van der Waals surface area contributed by atoms with E-state index < -0.39 is 16.1 Å². The first-order valence-corrected chi connectivity index (χ1v) is 11.4. The average Bonchev–Trinajstić information content (AvgIpc) is 2.76. The predicted molar refractivity (Wildman–Crippen MR) is 119 cm³/mol. The van der Waals surface area contributed by atoms with Gasteiger partial charge in [-0.25, -0.2) is 8.42 Å². The molecule has 0 heterocycles. The number of hydrogen-bond acceptors (Lipinski definition) is 4. The minimum absolute atomic E-state index is 0.00429. The molecule has 0 saturated carbocycles. The van der Waals surface area contributed by atoms with Crippen molar-refractivity contribution >= 4 is 26.5 Å². The second-order valence-corrected chi connectivity index (χ2v) is 8.88. The van der Waals surface area contributed by atoms with Crippen LogP contribution < -0.4 is 4.31 Å². The van der Waals surface area contributed by atoms with Crippen molar-refractivity contribution in [2.45, 2.75) is 24.8 Å². The van der Waals surface area contributed by atoms with Crippen LogP contribution in [0.15, 0.2) is 77.7 Å². The molecule has 154 valence electrons. The topological polar surface area (TPSA) is 60.9 Å². The van der Waals surface area contributed by atoms with Gasteiger partial charge < -0.3 is 10.0 Å². The van der Waals surface area contributed by atoms with Gasteiger partial charge in [-0.15, -0.1) is 0 Å². The van der Waals surface area contributed by atoms with E-state index in [9.17, 15) is 13.5 Å². The lowest BCUT2D eigenvalue weighted by molar-refractivity contribution is 0.125. The maximum absolute atomic E-state index is 13.5. The van der Waals surface area contributed by atoms with Crippen molar-refractivity contribution < 1.29 is 13.5 Å². The molecule has 1 N–H and O–H groups in total. The maximum Gasteiger partial charge on any atom is 0.264 e. The van der Waals surface area contributed by atoms with Crippen LogP contribution in [0.2, 0.25) is 0 Å². The van der Waals surface area contributed by atoms with E-state index in [1.54, 1.807) is 36.4 Å². The largest absolute Gasteiger partial charge is 0.390 e. The van der Waals surface area contributed by atoms with Gasteiger partial charge in [0.05, 0.1) is 23.2 Å². The molecule has 0 amide bonds. The smallest absolute Gasteiger partial charge is 0.264 e. The fraction of sp³-hybridized carbons (Fsp3) is 0.304. The summed E-state index contributed by atoms with van der Waals surface area (Å²) in [6.45, 7) is 6.07. The van der Waals surface area contributed by atoms with Crippen molar-refractivity contribution in [2.24, 2.45) is 0 Å². The SMILES string of the molecule is CCN(CC)C[C@@H](O)CN(c1ccccc1)S(=O)(=O)c1ccc2ccccc2c1. The molecule has 0 aliphatic heterocycles. The number of anilines is 1. The summed E-state index contributed by atoms with van der Waals surface area (Å²) < 4.78 is 28.4. The molecule has 3 rings (SSSR count). The summed E-state index contributed by atoms with van der Waals surface area (Å²) in [7, 11) is -3.84. The average molecular weight is 413 g/mol. The molecule has 0 fully saturated rings. The quantitative estimate of drug-likeness (QED) is 0.582. The Hall–Kier alpha value is -2.41. The zero-order valence-corrected chi connectivity index (χ0v) is 17.7. The first-order valence-electron chi connectivity index (χ1n) is 9.92. The van der Waals surface area contributed by atoms with Gasteiger partial charge in [0.15, 0.2) is 0 Å². The highest BCUT2D eigenvalue weighted by Gasteiger charge is 2.27. The zero-order chi connectivity index (χ0) is 20.9. The lowest BCUT2D eigenvalue weighted by Gasteiger charge is -2.29. The first kappa shape index (κ1) is 21.3. The van der Waals surface area contributed by atoms with Crippen LogP contribution in [0.4, 0.5) is 5.69 Å². The molecular formula is C23H28N2O3S. The lowest BCUT2D eigenvalue weighted by Crippen LogP contribution is -2.43. The molecule has 0 aliphatic carbocycles. The van der Waals surface area contributed by atoms with Gasteiger partial charge in [-0.05, 0) is 48.1 Å². The van der Waals surface area contributed by atoms with E-state index in [0.29, 0.717) is 12.2 Å². The molecule has 0 saturated heterocycles. The van der Waals surface area contributed by atoms with E-state index in [1.807, 2.05) is 50.2 Å². The van der Waals surface area contributed by atoms with Crippen LogP contribution in [0.3, 0.4) is 0 Å². The molecule has 3 aromatic carbocycles. The summed E-state index contributed by atoms with van der Waals surface area (Å²) in [5, 5.41) is 12.5. The van der Waals surface area contributed by atoms with Crippen LogP contribution in [0.5, 0.6) is 0 Å². The van der Waals surface area contributed by atoms with E-state index in [0.717, 1.165) is 23.9 Å². The van der Waals surface area contributed by atoms with Crippen LogP contribution in [0, 0.1) is 0 Å². The second-order valence-electron chi connectivity index (χ2n) is 7.02. The Morgan fingerprint density at radius 3 is 2.10 bits per heavy atom. The van der Waals surface area contributed by atoms with E-state index in [2.05, 4.69) is 4.90 Å². The molecule has 0 unspecified atom stereocenters. The Bertz CT molecular complexity index is 1030. The molecule has 5 nitrogen and oxygen atoms in total. The minimum atomic E-state index is -3.84. The normalized spacial score (nSPS) is 13.0. The fourth-order valence-electron chi connectivity index (χ4n) is 3.42. The number of aliphatic hydroxyl groups is 1. The molecular weight excluding hydrogens is 384 g/mol. The fourth-order valence-corrected chi connectivity index (χ4v) is 4.96. The third kappa shape index (κ3) is 4.96. The van der Waals surface area contributed by atoms with E-state index in [-0.39, 0.29) is 11.4 Å². The summed E-state index contributed by atoms with van der Waals surface area (Å²) in [5.41, 5.74) is 0.541. The van der Waals surface area contributed by atoms with Gasteiger partial charge in [-0.2, -0.15) is 0 Å². The number of nitrogens with zero attached hydrogens (tertiary/aromatic N) is 2. The molecule has 0 aliphatic rings. The zero-order valence-electron chi connectivity index (χ0n) is 16.9. The Balaban J connectivity index is 1.97. The highest BCUT2D eigenvalue weighted by Crippen LogP contribution is 2.26. The third-order valence-electron chi connectivity index (χ3n) is 5.09. The molecule has 6 heteroatoms. The van der Waals surface area contributed by atoms with Crippen LogP contribution in [-0.4, -0.2) is 50.7 Å². The van der Waals surface area contributed by atoms with Crippen molar-refractivity contribution in [3.8, 4) is 0 Å². The summed E-state index contributed by atoms with van der Waals surface area (Å²) in [5.74, 6) is 0. The van der Waals surface area contributed by atoms with Gasteiger partial charge in [0.1, 0.15) is 0 Å². The minimum Gasteiger partial charge on any atom is -0.390 e. The van der Waals surface area contributed by atoms with E-state index >= 15 is 0 Å². The molecule has 3 aromatic rings. The van der Waals surface area contributed by atoms with Gasteiger partial charge in [0.2, 0.25) is 0 Å². The highest BCUT2D eigenvalue weighted by atomic mass is 32.2. The van der Waals surface area contributed by atoms with Gasteiger partial charge in [0.25, 0.3) is 10.0 Å². The number of benzene rings is 3. The first-order chi connectivity index (χ1) is 14.0. The van der Waals surface area contributed by atoms with Crippen LogP contribution in [0.25, 0.3) is 10.8 Å². The second kappa shape index (κ2) is 9.39. The number of likely N-dealkylation sites (N-methyl/N-ethyl adjacent to an activating group) is 1. The standard InChI is InChI=1S/C23H28N2O3S/c1-3-24(4-2)17-22(26)18-25(21-12-6-5-7-13-21)29(27,28)23-15-14-19-10-8-9-11-20(19)16-23/h5-16,22,26H,3-4,17-18H2,1-2H3/t22-/m1/s1. The summed E-state index contributed by atoms with van der Waals surface area (Å²) in [6.07, 6.45) is -0.801. The molecule has 1 atom stereocenters. The van der Waals surface area contributed by atoms with Crippen molar-refractivity contribution in [1.29, 1.82) is 0 Å². The molecule has 0 spiro atoms. The van der Waals surface area contributed by atoms with Crippen LogP contribution in [-0.2, 0) is 10.0 Å². The van der Waals surface area contributed by atoms with Crippen molar-refractivity contribution in [1.82, 2.24) is 4.90 Å². The molecule has 0 bridgehead atoms. The maximum atomic E-state index is 13.5.